The number of esters is 1. The zero-order chi connectivity index (χ0) is 22.2. The molecule has 0 unspecified atom stereocenters. The summed E-state index contributed by atoms with van der Waals surface area (Å²) >= 11 is 0. The van der Waals surface area contributed by atoms with E-state index in [0.717, 1.165) is 16.6 Å². The molecule has 0 N–H and O–H groups in total. The largest absolute Gasteiger partial charge is 0.459 e. The van der Waals surface area contributed by atoms with E-state index in [1.54, 1.807) is 12.1 Å². The molecule has 0 saturated carbocycles. The van der Waals surface area contributed by atoms with Gasteiger partial charge in [0.15, 0.2) is 0 Å². The van der Waals surface area contributed by atoms with Crippen LogP contribution in [0.5, 0.6) is 0 Å². The summed E-state index contributed by atoms with van der Waals surface area (Å²) in [4.78, 5) is 43.7. The number of hydrogen-bond acceptors (Lipinski definition) is 5. The number of aromatic nitrogens is 2. The summed E-state index contributed by atoms with van der Waals surface area (Å²) in [7, 11) is 0. The van der Waals surface area contributed by atoms with Crippen LogP contribution in [-0.4, -0.2) is 38.6 Å². The van der Waals surface area contributed by atoms with Gasteiger partial charge in [-0.25, -0.2) is 4.98 Å². The van der Waals surface area contributed by atoms with Gasteiger partial charge in [-0.2, -0.15) is 0 Å². The van der Waals surface area contributed by atoms with E-state index in [0.29, 0.717) is 28.6 Å². The van der Waals surface area contributed by atoms with E-state index >= 15 is 0 Å². The third kappa shape index (κ3) is 3.41. The number of amides is 2. The number of hydrogen-bond donors (Lipinski definition) is 0. The Labute approximate surface area is 184 Å². The average Bonchev–Trinajstić information content (AvgIpc) is 3.23. The molecule has 2 amide bonds. The number of carbonyl (C=O) groups excluding carboxylic acids is 3. The molecule has 0 saturated heterocycles. The number of nitrogens with zero attached hydrogens (tertiary/aromatic N) is 3. The van der Waals surface area contributed by atoms with Crippen LogP contribution in [0.2, 0.25) is 0 Å². The maximum absolute atomic E-state index is 12.9. The van der Waals surface area contributed by atoms with Gasteiger partial charge >= 0.3 is 5.97 Å². The molecule has 0 fully saturated rings. The number of imide groups is 1. The summed E-state index contributed by atoms with van der Waals surface area (Å²) < 4.78 is 7.23. The summed E-state index contributed by atoms with van der Waals surface area (Å²) in [5.41, 5.74) is 3.57. The molecule has 32 heavy (non-hydrogen) atoms. The van der Waals surface area contributed by atoms with Crippen LogP contribution in [0.4, 0.5) is 0 Å². The Hall–Kier alpha value is -4.00. The van der Waals surface area contributed by atoms with Crippen molar-refractivity contribution in [1.82, 2.24) is 14.3 Å². The van der Waals surface area contributed by atoms with Gasteiger partial charge in [0.05, 0.1) is 5.69 Å². The zero-order valence-corrected chi connectivity index (χ0v) is 17.6. The fraction of sp³-hybridized carbons (Fsp3) is 0.200. The second-order valence-corrected chi connectivity index (χ2v) is 7.89. The van der Waals surface area contributed by atoms with E-state index in [9.17, 15) is 14.4 Å². The van der Waals surface area contributed by atoms with Crippen LogP contribution < -0.4 is 0 Å². The van der Waals surface area contributed by atoms with Gasteiger partial charge in [-0.15, -0.1) is 0 Å². The molecule has 4 aromatic rings. The van der Waals surface area contributed by atoms with Crippen molar-refractivity contribution in [3.05, 3.63) is 83.3 Å². The number of ether oxygens (including phenoxy) is 1. The lowest BCUT2D eigenvalue weighted by Crippen LogP contribution is -2.41. The van der Waals surface area contributed by atoms with E-state index in [1.807, 2.05) is 60.1 Å². The Balaban J connectivity index is 1.20. The molecular weight excluding hydrogens is 406 g/mol. The Bertz CT molecular complexity index is 1340. The van der Waals surface area contributed by atoms with Gasteiger partial charge in [-0.05, 0) is 42.5 Å². The van der Waals surface area contributed by atoms with Crippen molar-refractivity contribution in [2.75, 3.05) is 6.54 Å². The standard InChI is InChI=1S/C25H21N3O4/c1-16-6-4-12-27-14-18(26-23(16)27)15-32-21(29)11-5-13-28-24(30)19-9-2-7-17-8-3-10-20(22(17)19)25(28)31/h2-4,6-10,12,14H,5,11,13,15H2,1H3. The lowest BCUT2D eigenvalue weighted by molar-refractivity contribution is -0.145. The second-order valence-electron chi connectivity index (χ2n) is 7.89. The van der Waals surface area contributed by atoms with Crippen molar-refractivity contribution >= 4 is 34.2 Å². The topological polar surface area (TPSA) is 81.0 Å². The monoisotopic (exact) mass is 427 g/mol. The molecule has 160 valence electrons. The fourth-order valence-corrected chi connectivity index (χ4v) is 4.17. The quantitative estimate of drug-likeness (QED) is 0.344. The highest BCUT2D eigenvalue weighted by Crippen LogP contribution is 2.30. The van der Waals surface area contributed by atoms with Crippen molar-refractivity contribution < 1.29 is 19.1 Å². The number of carbonyl (C=O) groups is 3. The number of aryl methyl sites for hydroxylation is 1. The van der Waals surface area contributed by atoms with Gasteiger partial charge in [-0.3, -0.25) is 19.3 Å². The van der Waals surface area contributed by atoms with Crippen LogP contribution in [0.1, 0.15) is 44.8 Å². The van der Waals surface area contributed by atoms with Crippen molar-refractivity contribution in [3.63, 3.8) is 0 Å². The summed E-state index contributed by atoms with van der Waals surface area (Å²) in [6.45, 7) is 2.21. The predicted octanol–water partition coefficient (Wildman–Crippen LogP) is 3.92. The lowest BCUT2D eigenvalue weighted by atomic mass is 9.94. The Morgan fingerprint density at radius 2 is 1.72 bits per heavy atom. The molecular formula is C25H21N3O4. The van der Waals surface area contributed by atoms with Crippen LogP contribution in [0.3, 0.4) is 0 Å². The zero-order valence-electron chi connectivity index (χ0n) is 17.6. The van der Waals surface area contributed by atoms with E-state index < -0.39 is 5.97 Å². The molecule has 0 aliphatic carbocycles. The van der Waals surface area contributed by atoms with Crippen LogP contribution in [0.25, 0.3) is 16.4 Å². The molecule has 0 atom stereocenters. The molecule has 0 spiro atoms. The van der Waals surface area contributed by atoms with Gasteiger partial charge < -0.3 is 9.14 Å². The second kappa shape index (κ2) is 7.92. The minimum atomic E-state index is -0.391. The number of benzene rings is 2. The first kappa shape index (κ1) is 19.9. The molecule has 2 aromatic heterocycles. The van der Waals surface area contributed by atoms with E-state index in [4.69, 9.17) is 4.74 Å². The Morgan fingerprint density at radius 1 is 1.00 bits per heavy atom. The first-order valence-electron chi connectivity index (χ1n) is 10.5. The minimum absolute atomic E-state index is 0.0803. The average molecular weight is 427 g/mol. The van der Waals surface area contributed by atoms with Crippen molar-refractivity contribution in [1.29, 1.82) is 0 Å². The maximum atomic E-state index is 12.9. The highest BCUT2D eigenvalue weighted by Gasteiger charge is 2.32. The van der Waals surface area contributed by atoms with Gasteiger partial charge in [-0.1, -0.05) is 30.3 Å². The molecule has 3 heterocycles. The van der Waals surface area contributed by atoms with E-state index in [1.165, 1.54) is 4.90 Å². The van der Waals surface area contributed by atoms with Crippen LogP contribution in [0, 0.1) is 6.92 Å². The van der Waals surface area contributed by atoms with Crippen molar-refractivity contribution in [2.45, 2.75) is 26.4 Å². The SMILES string of the molecule is Cc1cccn2cc(COC(=O)CCCN3C(=O)c4cccc5cccc(c45)C3=O)nc12. The smallest absolute Gasteiger partial charge is 0.306 e. The van der Waals surface area contributed by atoms with E-state index in [-0.39, 0.29) is 31.4 Å². The van der Waals surface area contributed by atoms with Gasteiger partial charge in [0, 0.05) is 41.9 Å². The minimum Gasteiger partial charge on any atom is -0.459 e. The summed E-state index contributed by atoms with van der Waals surface area (Å²) in [6, 6.07) is 14.8. The van der Waals surface area contributed by atoms with Crippen molar-refractivity contribution in [2.24, 2.45) is 0 Å². The molecule has 7 nitrogen and oxygen atoms in total. The molecule has 0 radical (unpaired) electrons. The molecule has 7 heteroatoms. The molecule has 1 aliphatic heterocycles. The molecule has 5 rings (SSSR count). The lowest BCUT2D eigenvalue weighted by Gasteiger charge is -2.27. The normalized spacial score (nSPS) is 13.2. The highest BCUT2D eigenvalue weighted by atomic mass is 16.5. The maximum Gasteiger partial charge on any atom is 0.306 e. The number of rotatable bonds is 6. The van der Waals surface area contributed by atoms with Crippen molar-refractivity contribution in [3.8, 4) is 0 Å². The Kier molecular flexibility index (Phi) is 4.93. The van der Waals surface area contributed by atoms with Crippen LogP contribution in [0.15, 0.2) is 60.9 Å². The summed E-state index contributed by atoms with van der Waals surface area (Å²) in [5, 5.41) is 1.57. The highest BCUT2D eigenvalue weighted by molar-refractivity contribution is 6.25. The number of imidazole rings is 1. The molecule has 1 aliphatic rings. The number of pyridine rings is 1. The Morgan fingerprint density at radius 3 is 2.41 bits per heavy atom. The van der Waals surface area contributed by atoms with Gasteiger partial charge in [0.25, 0.3) is 11.8 Å². The number of fused-ring (bicyclic) bond motifs is 1. The van der Waals surface area contributed by atoms with E-state index in [2.05, 4.69) is 4.98 Å². The molecule has 0 bridgehead atoms. The predicted molar refractivity (Wildman–Crippen MR) is 118 cm³/mol. The first-order valence-corrected chi connectivity index (χ1v) is 10.5. The molecule has 2 aromatic carbocycles. The summed E-state index contributed by atoms with van der Waals surface area (Å²) in [5.74, 6) is -1.04. The van der Waals surface area contributed by atoms with Gasteiger partial charge in [0.2, 0.25) is 0 Å². The first-order chi connectivity index (χ1) is 15.5. The third-order valence-corrected chi connectivity index (χ3v) is 5.73. The third-order valence-electron chi connectivity index (χ3n) is 5.73. The van der Waals surface area contributed by atoms with Crippen LogP contribution in [-0.2, 0) is 16.1 Å². The van der Waals surface area contributed by atoms with Crippen LogP contribution >= 0.6 is 0 Å². The fourth-order valence-electron chi connectivity index (χ4n) is 4.17. The van der Waals surface area contributed by atoms with Gasteiger partial charge in [0.1, 0.15) is 12.3 Å². The summed E-state index contributed by atoms with van der Waals surface area (Å²) in [6.07, 6.45) is 4.17.